The van der Waals surface area contributed by atoms with E-state index in [0.717, 1.165) is 23.3 Å². The highest BCUT2D eigenvalue weighted by atomic mass is 35.5. The Labute approximate surface area is 225 Å². The fraction of sp³-hybridized carbons (Fsp3) is 0.348. The Morgan fingerprint density at radius 2 is 1.78 bits per heavy atom. The number of rotatable bonds is 9. The van der Waals surface area contributed by atoms with Crippen molar-refractivity contribution in [3.63, 3.8) is 0 Å². The first kappa shape index (κ1) is 30.2. The Morgan fingerprint density at radius 3 is 2.32 bits per heavy atom. The van der Waals surface area contributed by atoms with Crippen molar-refractivity contribution in [1.29, 1.82) is 0 Å². The molecule has 1 saturated heterocycles. The molecule has 2 aromatic carbocycles. The monoisotopic (exact) mass is 571 g/mol. The van der Waals surface area contributed by atoms with Gasteiger partial charge in [-0.15, -0.1) is 23.2 Å². The summed E-state index contributed by atoms with van der Waals surface area (Å²) >= 11 is 9.53. The molecule has 0 amide bonds. The normalized spacial score (nSPS) is 17.7. The van der Waals surface area contributed by atoms with Crippen LogP contribution in [0, 0.1) is 39.0 Å². The molecule has 2 aromatic rings. The second kappa shape index (κ2) is 13.5. The maximum absolute atomic E-state index is 13.1. The lowest BCUT2D eigenvalue weighted by molar-refractivity contribution is -0.393. The molecule has 11 nitrogen and oxygen atoms in total. The first-order chi connectivity index (χ1) is 17.4. The van der Waals surface area contributed by atoms with Gasteiger partial charge in [0.15, 0.2) is 0 Å². The SMILES string of the molecule is C=C(C)[C@@H]1CN(S(=O)(=O)c2ccc(C)cc2)C[C@@H]1C/C=N/Nc1ccc([N+](=O)[O-])cc1[N+](=O)[O-].ClCCl. The van der Waals surface area contributed by atoms with Crippen molar-refractivity contribution < 1.29 is 18.3 Å². The van der Waals surface area contributed by atoms with Crippen LogP contribution in [-0.4, -0.2) is 47.2 Å². The second-order valence-electron chi connectivity index (χ2n) is 8.32. The third-order valence-electron chi connectivity index (χ3n) is 5.77. The fourth-order valence-electron chi connectivity index (χ4n) is 3.87. The minimum atomic E-state index is -3.65. The number of nitro groups is 2. The summed E-state index contributed by atoms with van der Waals surface area (Å²) in [6, 6.07) is 9.92. The average Bonchev–Trinajstić information content (AvgIpc) is 3.28. The number of nitrogens with one attached hydrogen (secondary N) is 1. The predicted molar refractivity (Wildman–Crippen MR) is 145 cm³/mol. The van der Waals surface area contributed by atoms with Crippen molar-refractivity contribution in [2.24, 2.45) is 16.9 Å². The molecular formula is C23H27Cl2N5O6S. The zero-order chi connectivity index (χ0) is 27.8. The molecule has 1 heterocycles. The van der Waals surface area contributed by atoms with Crippen LogP contribution in [-0.2, 0) is 10.0 Å². The van der Waals surface area contributed by atoms with Crippen molar-refractivity contribution in [3.8, 4) is 0 Å². The van der Waals surface area contributed by atoms with E-state index in [0.29, 0.717) is 13.0 Å². The van der Waals surface area contributed by atoms with Crippen LogP contribution in [0.5, 0.6) is 0 Å². The van der Waals surface area contributed by atoms with E-state index < -0.39 is 31.2 Å². The number of aryl methyl sites for hydroxylation is 1. The molecule has 37 heavy (non-hydrogen) atoms. The number of halogens is 2. The standard InChI is InChI=1S/C22H25N5O6S.CH2Cl2/c1-15(2)20-14-25(34(32,33)19-7-4-16(3)5-8-19)13-17(20)10-11-23-24-21-9-6-18(26(28)29)12-22(21)27(30)31;2-1-3/h4-9,11-12,17,20,24H,1,10,13-14H2,2-3H3;1H2/b23-11+;/t17-,20-;/m0./s1. The number of alkyl halides is 2. The minimum absolute atomic E-state index is 0.0123. The summed E-state index contributed by atoms with van der Waals surface area (Å²) in [7, 11) is -3.65. The number of non-ortho nitro benzene ring substituents is 1. The van der Waals surface area contributed by atoms with Crippen LogP contribution in [0.25, 0.3) is 0 Å². The zero-order valence-corrected chi connectivity index (χ0v) is 22.5. The molecule has 0 bridgehead atoms. The van der Waals surface area contributed by atoms with E-state index in [1.807, 2.05) is 13.8 Å². The van der Waals surface area contributed by atoms with Gasteiger partial charge in [0.25, 0.3) is 5.69 Å². The molecule has 1 aliphatic rings. The van der Waals surface area contributed by atoms with Gasteiger partial charge in [-0.05, 0) is 50.3 Å². The topological polar surface area (TPSA) is 148 Å². The molecule has 0 unspecified atom stereocenters. The predicted octanol–water partition coefficient (Wildman–Crippen LogP) is 5.53. The Morgan fingerprint density at radius 1 is 1.16 bits per heavy atom. The molecule has 200 valence electrons. The highest BCUT2D eigenvalue weighted by molar-refractivity contribution is 7.89. The Balaban J connectivity index is 0.00000153. The highest BCUT2D eigenvalue weighted by Gasteiger charge is 2.39. The number of hydrazone groups is 1. The van der Waals surface area contributed by atoms with Gasteiger partial charge in [-0.1, -0.05) is 29.8 Å². The summed E-state index contributed by atoms with van der Waals surface area (Å²) in [6.45, 7) is 8.35. The first-order valence-corrected chi connectivity index (χ1v) is 13.5. The van der Waals surface area contributed by atoms with Gasteiger partial charge in [-0.25, -0.2) is 8.42 Å². The van der Waals surface area contributed by atoms with Gasteiger partial charge < -0.3 is 0 Å². The summed E-state index contributed by atoms with van der Waals surface area (Å²) in [4.78, 5) is 20.9. The summed E-state index contributed by atoms with van der Waals surface area (Å²) < 4.78 is 27.6. The number of sulfonamides is 1. The van der Waals surface area contributed by atoms with E-state index in [4.69, 9.17) is 23.2 Å². The van der Waals surface area contributed by atoms with E-state index in [1.165, 1.54) is 16.6 Å². The summed E-state index contributed by atoms with van der Waals surface area (Å²) in [5, 5.41) is 26.3. The maximum atomic E-state index is 13.1. The van der Waals surface area contributed by atoms with Gasteiger partial charge >= 0.3 is 5.69 Å². The lowest BCUT2D eigenvalue weighted by Gasteiger charge is -2.16. The average molecular weight is 572 g/mol. The smallest absolute Gasteiger partial charge is 0.272 e. The number of hydrogen-bond acceptors (Lipinski definition) is 8. The zero-order valence-electron chi connectivity index (χ0n) is 20.2. The van der Waals surface area contributed by atoms with Crippen LogP contribution in [0.4, 0.5) is 17.1 Å². The van der Waals surface area contributed by atoms with Gasteiger partial charge in [0, 0.05) is 25.4 Å². The van der Waals surface area contributed by atoms with Crippen molar-refractivity contribution in [3.05, 3.63) is 80.4 Å². The lowest BCUT2D eigenvalue weighted by Crippen LogP contribution is -2.29. The van der Waals surface area contributed by atoms with Crippen LogP contribution in [0.15, 0.2) is 64.6 Å². The summed E-state index contributed by atoms with van der Waals surface area (Å²) in [5.74, 6) is -0.143. The summed E-state index contributed by atoms with van der Waals surface area (Å²) in [6.07, 6.45) is 1.93. The number of hydrogen-bond donors (Lipinski definition) is 1. The molecule has 0 saturated carbocycles. The summed E-state index contributed by atoms with van der Waals surface area (Å²) in [5.41, 5.74) is 3.53. The van der Waals surface area contributed by atoms with E-state index >= 15 is 0 Å². The van der Waals surface area contributed by atoms with Crippen molar-refractivity contribution in [2.75, 3.05) is 23.9 Å². The molecular weight excluding hydrogens is 545 g/mol. The van der Waals surface area contributed by atoms with E-state index in [2.05, 4.69) is 17.1 Å². The molecule has 1 fully saturated rings. The van der Waals surface area contributed by atoms with Gasteiger partial charge in [-0.2, -0.15) is 9.41 Å². The van der Waals surface area contributed by atoms with Crippen molar-refractivity contribution >= 4 is 56.5 Å². The van der Waals surface area contributed by atoms with Crippen LogP contribution in [0.1, 0.15) is 18.9 Å². The molecule has 0 aromatic heterocycles. The quantitative estimate of drug-likeness (QED) is 0.136. The fourth-order valence-corrected chi connectivity index (χ4v) is 5.39. The third-order valence-corrected chi connectivity index (χ3v) is 7.62. The Bertz CT molecular complexity index is 1270. The van der Waals surface area contributed by atoms with Gasteiger partial charge in [0.2, 0.25) is 10.0 Å². The molecule has 0 spiro atoms. The van der Waals surface area contributed by atoms with Gasteiger partial charge in [-0.3, -0.25) is 25.7 Å². The number of nitro benzene ring substituents is 2. The minimum Gasteiger partial charge on any atom is -0.272 e. The van der Waals surface area contributed by atoms with Gasteiger partial charge in [0.05, 0.1) is 26.1 Å². The molecule has 3 rings (SSSR count). The maximum Gasteiger partial charge on any atom is 0.301 e. The Hall–Kier alpha value is -3.06. The molecule has 0 radical (unpaired) electrons. The lowest BCUT2D eigenvalue weighted by atomic mass is 9.88. The first-order valence-electron chi connectivity index (χ1n) is 11.0. The van der Waals surface area contributed by atoms with Crippen LogP contribution >= 0.6 is 23.2 Å². The molecule has 1 aliphatic heterocycles. The van der Waals surface area contributed by atoms with Crippen molar-refractivity contribution in [2.45, 2.75) is 25.2 Å². The van der Waals surface area contributed by atoms with E-state index in [-0.39, 0.29) is 34.3 Å². The largest absolute Gasteiger partial charge is 0.301 e. The highest BCUT2D eigenvalue weighted by Crippen LogP contribution is 2.34. The second-order valence-corrected chi connectivity index (χ2v) is 11.1. The Kier molecular flexibility index (Phi) is 11.0. The van der Waals surface area contributed by atoms with E-state index in [9.17, 15) is 28.6 Å². The number of benzene rings is 2. The number of nitrogens with zero attached hydrogens (tertiary/aromatic N) is 4. The van der Waals surface area contributed by atoms with Crippen LogP contribution in [0.3, 0.4) is 0 Å². The molecule has 0 aliphatic carbocycles. The van der Waals surface area contributed by atoms with Crippen LogP contribution in [0.2, 0.25) is 0 Å². The van der Waals surface area contributed by atoms with E-state index in [1.54, 1.807) is 24.3 Å². The third kappa shape index (κ3) is 7.96. The van der Waals surface area contributed by atoms with Crippen LogP contribution < -0.4 is 5.43 Å². The number of anilines is 1. The molecule has 14 heteroatoms. The van der Waals surface area contributed by atoms with Crippen molar-refractivity contribution in [1.82, 2.24) is 4.31 Å². The molecule has 2 atom stereocenters. The van der Waals surface area contributed by atoms with Gasteiger partial charge in [0.1, 0.15) is 5.69 Å². The molecule has 1 N–H and O–H groups in total.